The summed E-state index contributed by atoms with van der Waals surface area (Å²) in [6.07, 6.45) is 3.11. The average Bonchev–Trinajstić information content (AvgIpc) is 2.58. The molecule has 0 fully saturated rings. The monoisotopic (exact) mass is 298 g/mol. The van der Waals surface area contributed by atoms with Crippen LogP contribution in [0.4, 0.5) is 0 Å². The van der Waals surface area contributed by atoms with E-state index in [1.165, 1.54) is 0 Å². The predicted octanol–water partition coefficient (Wildman–Crippen LogP) is 3.05. The standard InChI is InChI=1S/C13H15BrO3/c1-9-10(4-2-5-15)8-11(14)13-12(9)16-6-3-7-17-13/h5,8H,2-4,6-7H2,1H3. The summed E-state index contributed by atoms with van der Waals surface area (Å²) in [7, 11) is 0. The molecule has 1 aliphatic rings. The fourth-order valence-corrected chi connectivity index (χ4v) is 2.51. The Bertz CT molecular complexity index is 429. The smallest absolute Gasteiger partial charge is 0.175 e. The number of aryl methyl sites for hydroxylation is 1. The van der Waals surface area contributed by atoms with Crippen LogP contribution in [0, 0.1) is 6.92 Å². The maximum Gasteiger partial charge on any atom is 0.175 e. The highest BCUT2D eigenvalue weighted by molar-refractivity contribution is 9.10. The molecule has 0 bridgehead atoms. The Hall–Kier alpha value is -1.03. The minimum absolute atomic E-state index is 0.535. The van der Waals surface area contributed by atoms with Crippen LogP contribution >= 0.6 is 15.9 Å². The SMILES string of the molecule is Cc1c(CCC=O)cc(Br)c2c1OCCCO2. The van der Waals surface area contributed by atoms with Crippen LogP contribution < -0.4 is 9.47 Å². The topological polar surface area (TPSA) is 35.5 Å². The van der Waals surface area contributed by atoms with Gasteiger partial charge in [-0.05, 0) is 46.5 Å². The van der Waals surface area contributed by atoms with E-state index in [1.807, 2.05) is 13.0 Å². The lowest BCUT2D eigenvalue weighted by atomic mass is 10.0. The molecule has 0 radical (unpaired) electrons. The second kappa shape index (κ2) is 5.54. The van der Waals surface area contributed by atoms with Gasteiger partial charge in [-0.3, -0.25) is 0 Å². The van der Waals surface area contributed by atoms with Gasteiger partial charge in [-0.2, -0.15) is 0 Å². The lowest BCUT2D eigenvalue weighted by Gasteiger charge is -2.15. The highest BCUT2D eigenvalue weighted by Crippen LogP contribution is 2.41. The third kappa shape index (κ3) is 2.63. The maximum atomic E-state index is 10.5. The Morgan fingerprint density at radius 2 is 2.06 bits per heavy atom. The van der Waals surface area contributed by atoms with Crippen LogP contribution in [0.25, 0.3) is 0 Å². The van der Waals surface area contributed by atoms with Gasteiger partial charge in [-0.1, -0.05) is 0 Å². The summed E-state index contributed by atoms with van der Waals surface area (Å²) in [5.74, 6) is 1.60. The third-order valence-electron chi connectivity index (χ3n) is 2.86. The molecule has 0 aliphatic carbocycles. The molecule has 17 heavy (non-hydrogen) atoms. The number of carbonyl (C=O) groups excluding carboxylic acids is 1. The summed E-state index contributed by atoms with van der Waals surface area (Å²) in [6, 6.07) is 2.02. The second-order valence-electron chi connectivity index (χ2n) is 4.06. The van der Waals surface area contributed by atoms with Gasteiger partial charge in [0.25, 0.3) is 0 Å². The summed E-state index contributed by atoms with van der Waals surface area (Å²) >= 11 is 3.50. The molecule has 4 heteroatoms. The summed E-state index contributed by atoms with van der Waals surface area (Å²) < 4.78 is 12.3. The van der Waals surface area contributed by atoms with Gasteiger partial charge in [0.2, 0.25) is 0 Å². The summed E-state index contributed by atoms with van der Waals surface area (Å²) in [5.41, 5.74) is 2.21. The second-order valence-corrected chi connectivity index (χ2v) is 4.91. The third-order valence-corrected chi connectivity index (χ3v) is 3.45. The van der Waals surface area contributed by atoms with Crippen molar-refractivity contribution in [3.05, 3.63) is 21.7 Å². The predicted molar refractivity (Wildman–Crippen MR) is 68.9 cm³/mol. The van der Waals surface area contributed by atoms with Crippen LogP contribution in [-0.4, -0.2) is 19.5 Å². The molecule has 0 aromatic heterocycles. The molecule has 1 heterocycles. The van der Waals surface area contributed by atoms with Gasteiger partial charge in [-0.15, -0.1) is 0 Å². The van der Waals surface area contributed by atoms with Crippen LogP contribution in [-0.2, 0) is 11.2 Å². The Kier molecular flexibility index (Phi) is 4.05. The number of hydrogen-bond acceptors (Lipinski definition) is 3. The first-order valence-electron chi connectivity index (χ1n) is 5.75. The fourth-order valence-electron chi connectivity index (χ4n) is 1.94. The first-order chi connectivity index (χ1) is 8.24. The van der Waals surface area contributed by atoms with Crippen LogP contribution in [0.2, 0.25) is 0 Å². The largest absolute Gasteiger partial charge is 0.489 e. The van der Waals surface area contributed by atoms with Crippen molar-refractivity contribution in [2.75, 3.05) is 13.2 Å². The normalized spacial score (nSPS) is 14.2. The minimum atomic E-state index is 0.535. The molecular weight excluding hydrogens is 284 g/mol. The Morgan fingerprint density at radius 1 is 1.35 bits per heavy atom. The van der Waals surface area contributed by atoms with Gasteiger partial charge in [0.05, 0.1) is 17.7 Å². The lowest BCUT2D eigenvalue weighted by Crippen LogP contribution is -1.99. The molecule has 0 N–H and O–H groups in total. The van der Waals surface area contributed by atoms with Crippen LogP contribution in [0.1, 0.15) is 24.0 Å². The zero-order valence-electron chi connectivity index (χ0n) is 9.79. The van der Waals surface area contributed by atoms with Gasteiger partial charge < -0.3 is 14.3 Å². The molecular formula is C13H15BrO3. The molecule has 0 saturated carbocycles. The zero-order valence-corrected chi connectivity index (χ0v) is 11.4. The number of rotatable bonds is 3. The number of benzene rings is 1. The van der Waals surface area contributed by atoms with Crippen LogP contribution in [0.3, 0.4) is 0 Å². The number of fused-ring (bicyclic) bond motifs is 1. The van der Waals surface area contributed by atoms with Crippen LogP contribution in [0.5, 0.6) is 11.5 Å². The van der Waals surface area contributed by atoms with E-state index in [0.717, 1.165) is 46.2 Å². The molecule has 0 saturated heterocycles. The molecule has 3 nitrogen and oxygen atoms in total. The quantitative estimate of drug-likeness (QED) is 0.805. The van der Waals surface area contributed by atoms with E-state index in [-0.39, 0.29) is 0 Å². The molecule has 0 unspecified atom stereocenters. The molecule has 0 amide bonds. The van der Waals surface area contributed by atoms with Crippen molar-refractivity contribution >= 4 is 22.2 Å². The number of hydrogen-bond donors (Lipinski definition) is 0. The van der Waals surface area contributed by atoms with E-state index in [9.17, 15) is 4.79 Å². The van der Waals surface area contributed by atoms with Gasteiger partial charge in [0.1, 0.15) is 6.29 Å². The molecule has 0 atom stereocenters. The zero-order chi connectivity index (χ0) is 12.3. The van der Waals surface area contributed by atoms with Crippen molar-refractivity contribution in [2.45, 2.75) is 26.2 Å². The first kappa shape index (κ1) is 12.4. The average molecular weight is 299 g/mol. The minimum Gasteiger partial charge on any atom is -0.489 e. The number of aldehydes is 1. The first-order valence-corrected chi connectivity index (χ1v) is 6.54. The van der Waals surface area contributed by atoms with E-state index < -0.39 is 0 Å². The number of ether oxygens (including phenoxy) is 2. The fraction of sp³-hybridized carbons (Fsp3) is 0.462. The van der Waals surface area contributed by atoms with Crippen molar-refractivity contribution in [2.24, 2.45) is 0 Å². The highest BCUT2D eigenvalue weighted by atomic mass is 79.9. The van der Waals surface area contributed by atoms with Crippen molar-refractivity contribution in [1.82, 2.24) is 0 Å². The van der Waals surface area contributed by atoms with E-state index in [2.05, 4.69) is 15.9 Å². The molecule has 1 aliphatic heterocycles. The molecule has 2 rings (SSSR count). The van der Waals surface area contributed by atoms with E-state index in [0.29, 0.717) is 19.6 Å². The van der Waals surface area contributed by atoms with Gasteiger partial charge in [-0.25, -0.2) is 0 Å². The molecule has 1 aromatic rings. The van der Waals surface area contributed by atoms with E-state index in [4.69, 9.17) is 9.47 Å². The Balaban J connectivity index is 2.41. The maximum absolute atomic E-state index is 10.5. The lowest BCUT2D eigenvalue weighted by molar-refractivity contribution is -0.107. The summed E-state index contributed by atoms with van der Waals surface area (Å²) in [6.45, 7) is 3.37. The van der Waals surface area contributed by atoms with Crippen molar-refractivity contribution in [3.8, 4) is 11.5 Å². The number of halogens is 1. The van der Waals surface area contributed by atoms with Crippen molar-refractivity contribution in [3.63, 3.8) is 0 Å². The van der Waals surface area contributed by atoms with E-state index >= 15 is 0 Å². The highest BCUT2D eigenvalue weighted by Gasteiger charge is 2.19. The number of carbonyl (C=O) groups is 1. The van der Waals surface area contributed by atoms with Crippen molar-refractivity contribution in [1.29, 1.82) is 0 Å². The van der Waals surface area contributed by atoms with E-state index in [1.54, 1.807) is 0 Å². The van der Waals surface area contributed by atoms with Crippen molar-refractivity contribution < 1.29 is 14.3 Å². The Morgan fingerprint density at radius 3 is 2.76 bits per heavy atom. The van der Waals surface area contributed by atoms with Gasteiger partial charge in [0.15, 0.2) is 11.5 Å². The molecule has 1 aromatic carbocycles. The molecule has 0 spiro atoms. The Labute approximate surface area is 109 Å². The summed E-state index contributed by atoms with van der Waals surface area (Å²) in [4.78, 5) is 10.5. The van der Waals surface area contributed by atoms with Gasteiger partial charge in [0, 0.05) is 12.8 Å². The molecule has 92 valence electrons. The van der Waals surface area contributed by atoms with Gasteiger partial charge >= 0.3 is 0 Å². The summed E-state index contributed by atoms with van der Waals surface area (Å²) in [5, 5.41) is 0. The van der Waals surface area contributed by atoms with Crippen LogP contribution in [0.15, 0.2) is 10.5 Å².